The Morgan fingerprint density at radius 1 is 1.44 bits per heavy atom. The van der Waals surface area contributed by atoms with E-state index in [0.717, 1.165) is 13.1 Å². The standard InChI is InChI=1S/C13H14BrFN2O/c1-2-16-6-5-13-17-8-12(18-13)10-4-3-9(14)7-11(10)15/h3-4,7-8,16H,2,5-6H2,1H3. The van der Waals surface area contributed by atoms with Crippen molar-refractivity contribution in [2.45, 2.75) is 13.3 Å². The van der Waals surface area contributed by atoms with E-state index >= 15 is 0 Å². The predicted octanol–water partition coefficient (Wildman–Crippen LogP) is 3.40. The second-order valence-electron chi connectivity index (χ2n) is 3.85. The highest BCUT2D eigenvalue weighted by Gasteiger charge is 2.11. The maximum Gasteiger partial charge on any atom is 0.196 e. The van der Waals surface area contributed by atoms with E-state index in [0.29, 0.717) is 28.1 Å². The SMILES string of the molecule is CCNCCc1ncc(-c2ccc(Br)cc2F)o1. The van der Waals surface area contributed by atoms with Gasteiger partial charge in [0.1, 0.15) is 5.82 Å². The van der Waals surface area contributed by atoms with Crippen LogP contribution in [0.5, 0.6) is 0 Å². The van der Waals surface area contributed by atoms with E-state index in [-0.39, 0.29) is 5.82 Å². The highest BCUT2D eigenvalue weighted by Crippen LogP contribution is 2.26. The van der Waals surface area contributed by atoms with E-state index in [2.05, 4.69) is 26.2 Å². The molecule has 2 aromatic rings. The summed E-state index contributed by atoms with van der Waals surface area (Å²) in [7, 11) is 0. The molecule has 0 spiro atoms. The Kier molecular flexibility index (Phi) is 4.49. The van der Waals surface area contributed by atoms with Gasteiger partial charge in [0.25, 0.3) is 0 Å². The molecule has 1 aromatic heterocycles. The molecular weight excluding hydrogens is 299 g/mol. The molecule has 1 N–H and O–H groups in total. The quantitative estimate of drug-likeness (QED) is 0.860. The molecule has 2 rings (SSSR count). The highest BCUT2D eigenvalue weighted by atomic mass is 79.9. The van der Waals surface area contributed by atoms with Gasteiger partial charge in [-0.1, -0.05) is 22.9 Å². The van der Waals surface area contributed by atoms with Crippen molar-refractivity contribution in [3.63, 3.8) is 0 Å². The van der Waals surface area contributed by atoms with Crippen LogP contribution in [0.3, 0.4) is 0 Å². The molecule has 0 unspecified atom stereocenters. The fraction of sp³-hybridized carbons (Fsp3) is 0.308. The van der Waals surface area contributed by atoms with Gasteiger partial charge < -0.3 is 9.73 Å². The van der Waals surface area contributed by atoms with Crippen molar-refractivity contribution in [1.29, 1.82) is 0 Å². The fourth-order valence-electron chi connectivity index (χ4n) is 1.61. The minimum Gasteiger partial charge on any atom is -0.441 e. The van der Waals surface area contributed by atoms with Crippen molar-refractivity contribution in [1.82, 2.24) is 10.3 Å². The largest absolute Gasteiger partial charge is 0.441 e. The number of aromatic nitrogens is 1. The summed E-state index contributed by atoms with van der Waals surface area (Å²) in [6, 6.07) is 4.86. The maximum absolute atomic E-state index is 13.7. The summed E-state index contributed by atoms with van der Waals surface area (Å²) < 4.78 is 20.0. The van der Waals surface area contributed by atoms with Crippen molar-refractivity contribution < 1.29 is 8.81 Å². The third-order valence-corrected chi connectivity index (χ3v) is 3.01. The van der Waals surface area contributed by atoms with Gasteiger partial charge in [0.2, 0.25) is 0 Å². The molecule has 3 nitrogen and oxygen atoms in total. The van der Waals surface area contributed by atoms with Crippen LogP contribution in [0.2, 0.25) is 0 Å². The highest BCUT2D eigenvalue weighted by molar-refractivity contribution is 9.10. The third-order valence-electron chi connectivity index (χ3n) is 2.52. The van der Waals surface area contributed by atoms with Crippen LogP contribution in [-0.4, -0.2) is 18.1 Å². The summed E-state index contributed by atoms with van der Waals surface area (Å²) in [5, 5.41) is 3.18. The first-order valence-corrected chi connectivity index (χ1v) is 6.61. The van der Waals surface area contributed by atoms with Crippen molar-refractivity contribution in [3.05, 3.63) is 40.6 Å². The number of likely N-dealkylation sites (N-methyl/N-ethyl adjacent to an activating group) is 1. The van der Waals surface area contributed by atoms with E-state index in [4.69, 9.17) is 4.42 Å². The van der Waals surface area contributed by atoms with E-state index in [1.807, 2.05) is 6.92 Å². The van der Waals surface area contributed by atoms with Crippen LogP contribution in [0.1, 0.15) is 12.8 Å². The Hall–Kier alpha value is -1.20. The van der Waals surface area contributed by atoms with E-state index in [1.54, 1.807) is 18.3 Å². The van der Waals surface area contributed by atoms with Gasteiger partial charge in [-0.2, -0.15) is 0 Å². The second-order valence-corrected chi connectivity index (χ2v) is 4.76. The van der Waals surface area contributed by atoms with Gasteiger partial charge >= 0.3 is 0 Å². The number of halogens is 2. The summed E-state index contributed by atoms with van der Waals surface area (Å²) in [6.45, 7) is 3.76. The van der Waals surface area contributed by atoms with Crippen LogP contribution in [0, 0.1) is 5.82 Å². The van der Waals surface area contributed by atoms with Crippen LogP contribution < -0.4 is 5.32 Å². The van der Waals surface area contributed by atoms with Gasteiger partial charge in [-0.15, -0.1) is 0 Å². The smallest absolute Gasteiger partial charge is 0.196 e. The Morgan fingerprint density at radius 2 is 2.28 bits per heavy atom. The number of benzene rings is 1. The molecule has 0 radical (unpaired) electrons. The van der Waals surface area contributed by atoms with Crippen LogP contribution >= 0.6 is 15.9 Å². The molecule has 0 aliphatic rings. The number of nitrogens with zero attached hydrogens (tertiary/aromatic N) is 1. The maximum atomic E-state index is 13.7. The first-order valence-electron chi connectivity index (χ1n) is 5.81. The average Bonchev–Trinajstić information content (AvgIpc) is 2.78. The summed E-state index contributed by atoms with van der Waals surface area (Å²) in [5.74, 6) is 0.763. The summed E-state index contributed by atoms with van der Waals surface area (Å²) in [5.41, 5.74) is 0.431. The first kappa shape index (κ1) is 13.2. The Balaban J connectivity index is 2.13. The van der Waals surface area contributed by atoms with Crippen LogP contribution in [0.25, 0.3) is 11.3 Å². The van der Waals surface area contributed by atoms with Gasteiger partial charge in [-0.3, -0.25) is 0 Å². The van der Waals surface area contributed by atoms with Crippen molar-refractivity contribution in [2.24, 2.45) is 0 Å². The second kappa shape index (κ2) is 6.11. The molecule has 0 saturated carbocycles. The molecule has 0 aliphatic heterocycles. The minimum absolute atomic E-state index is 0.321. The number of oxazole rings is 1. The molecule has 96 valence electrons. The number of hydrogen-bond acceptors (Lipinski definition) is 3. The lowest BCUT2D eigenvalue weighted by Gasteiger charge is -2.00. The summed E-state index contributed by atoms with van der Waals surface area (Å²) >= 11 is 3.22. The van der Waals surface area contributed by atoms with Crippen LogP contribution in [0.15, 0.2) is 33.3 Å². The predicted molar refractivity (Wildman–Crippen MR) is 71.8 cm³/mol. The molecule has 0 amide bonds. The van der Waals surface area contributed by atoms with Crippen molar-refractivity contribution in [2.75, 3.05) is 13.1 Å². The fourth-order valence-corrected chi connectivity index (χ4v) is 1.94. The van der Waals surface area contributed by atoms with E-state index < -0.39 is 0 Å². The summed E-state index contributed by atoms with van der Waals surface area (Å²) in [6.07, 6.45) is 2.26. The lowest BCUT2D eigenvalue weighted by Crippen LogP contribution is -2.16. The van der Waals surface area contributed by atoms with Crippen LogP contribution in [-0.2, 0) is 6.42 Å². The zero-order chi connectivity index (χ0) is 13.0. The molecule has 1 aromatic carbocycles. The molecule has 0 atom stereocenters. The van der Waals surface area contributed by atoms with Gasteiger partial charge in [0.15, 0.2) is 11.7 Å². The minimum atomic E-state index is -0.321. The van der Waals surface area contributed by atoms with Gasteiger partial charge in [0, 0.05) is 17.4 Å². The molecule has 0 fully saturated rings. The molecule has 1 heterocycles. The Morgan fingerprint density at radius 3 is 3.00 bits per heavy atom. The molecule has 0 aliphatic carbocycles. The Bertz CT molecular complexity index is 527. The Labute approximate surface area is 114 Å². The zero-order valence-electron chi connectivity index (χ0n) is 10.0. The monoisotopic (exact) mass is 312 g/mol. The number of rotatable bonds is 5. The van der Waals surface area contributed by atoms with Crippen molar-refractivity contribution in [3.8, 4) is 11.3 Å². The normalized spacial score (nSPS) is 10.8. The van der Waals surface area contributed by atoms with Gasteiger partial charge in [-0.05, 0) is 24.7 Å². The van der Waals surface area contributed by atoms with Gasteiger partial charge in [-0.25, -0.2) is 9.37 Å². The summed E-state index contributed by atoms with van der Waals surface area (Å²) in [4.78, 5) is 4.14. The molecule has 5 heteroatoms. The van der Waals surface area contributed by atoms with Gasteiger partial charge in [0.05, 0.1) is 11.8 Å². The third kappa shape index (κ3) is 3.17. The van der Waals surface area contributed by atoms with Crippen LogP contribution in [0.4, 0.5) is 4.39 Å². The number of hydrogen-bond donors (Lipinski definition) is 1. The topological polar surface area (TPSA) is 38.1 Å². The first-order chi connectivity index (χ1) is 8.70. The molecular formula is C13H14BrFN2O. The molecule has 18 heavy (non-hydrogen) atoms. The zero-order valence-corrected chi connectivity index (χ0v) is 11.6. The van der Waals surface area contributed by atoms with E-state index in [9.17, 15) is 4.39 Å². The van der Waals surface area contributed by atoms with Crippen molar-refractivity contribution >= 4 is 15.9 Å². The van der Waals surface area contributed by atoms with E-state index in [1.165, 1.54) is 6.07 Å². The number of nitrogens with one attached hydrogen (secondary N) is 1. The molecule has 0 bridgehead atoms. The lowest BCUT2D eigenvalue weighted by atomic mass is 10.2. The lowest BCUT2D eigenvalue weighted by molar-refractivity contribution is 0.494. The molecule has 0 saturated heterocycles. The average molecular weight is 313 g/mol.